The van der Waals surface area contributed by atoms with Crippen LogP contribution in [0.5, 0.6) is 0 Å². The molecule has 0 unspecified atom stereocenters. The normalized spacial score (nSPS) is 22.6. The SMILES string of the molecule is Cc1c(Br)cccc1C(=O)N1C[C@H](O)C[C@H]1C(=O)O. The minimum atomic E-state index is -1.09. The molecular formula is C13H14BrNO4. The van der Waals surface area contributed by atoms with Gasteiger partial charge in [-0.1, -0.05) is 22.0 Å². The van der Waals surface area contributed by atoms with Crippen LogP contribution in [-0.2, 0) is 4.79 Å². The van der Waals surface area contributed by atoms with Gasteiger partial charge in [0.1, 0.15) is 6.04 Å². The van der Waals surface area contributed by atoms with Crippen LogP contribution in [0.25, 0.3) is 0 Å². The number of carboxylic acid groups (broad SMARTS) is 1. The van der Waals surface area contributed by atoms with Gasteiger partial charge in [0.05, 0.1) is 6.10 Å². The maximum absolute atomic E-state index is 12.4. The summed E-state index contributed by atoms with van der Waals surface area (Å²) in [4.78, 5) is 24.8. The number of likely N-dealkylation sites (tertiary alicyclic amines) is 1. The van der Waals surface area contributed by atoms with Crippen molar-refractivity contribution in [1.82, 2.24) is 4.90 Å². The zero-order valence-corrected chi connectivity index (χ0v) is 11.9. The molecule has 0 radical (unpaired) electrons. The lowest BCUT2D eigenvalue weighted by molar-refractivity contribution is -0.141. The van der Waals surface area contributed by atoms with Gasteiger partial charge in [0.25, 0.3) is 5.91 Å². The number of aliphatic hydroxyl groups excluding tert-OH is 1. The van der Waals surface area contributed by atoms with E-state index in [0.717, 1.165) is 10.0 Å². The summed E-state index contributed by atoms with van der Waals surface area (Å²) >= 11 is 3.34. The molecule has 0 saturated carbocycles. The second-order valence-electron chi connectivity index (χ2n) is 4.61. The molecule has 2 rings (SSSR count). The van der Waals surface area contributed by atoms with Gasteiger partial charge in [0, 0.05) is 23.0 Å². The van der Waals surface area contributed by atoms with Crippen LogP contribution in [0.2, 0.25) is 0 Å². The van der Waals surface area contributed by atoms with E-state index in [4.69, 9.17) is 5.11 Å². The van der Waals surface area contributed by atoms with Crippen LogP contribution in [0.4, 0.5) is 0 Å². The van der Waals surface area contributed by atoms with Crippen LogP contribution >= 0.6 is 15.9 Å². The first-order valence-electron chi connectivity index (χ1n) is 5.88. The summed E-state index contributed by atoms with van der Waals surface area (Å²) in [6.45, 7) is 1.85. The first-order valence-corrected chi connectivity index (χ1v) is 6.68. The number of halogens is 1. The number of hydrogen-bond donors (Lipinski definition) is 2. The monoisotopic (exact) mass is 327 g/mol. The van der Waals surface area contributed by atoms with E-state index in [1.165, 1.54) is 4.90 Å². The third kappa shape index (κ3) is 2.64. The molecule has 1 saturated heterocycles. The fourth-order valence-corrected chi connectivity index (χ4v) is 2.63. The van der Waals surface area contributed by atoms with E-state index < -0.39 is 18.1 Å². The Bertz CT molecular complexity index is 531. The quantitative estimate of drug-likeness (QED) is 0.861. The summed E-state index contributed by atoms with van der Waals surface area (Å²) in [5.74, 6) is -1.44. The van der Waals surface area contributed by atoms with Crippen LogP contribution in [0, 0.1) is 6.92 Å². The molecular weight excluding hydrogens is 314 g/mol. The van der Waals surface area contributed by atoms with Crippen molar-refractivity contribution in [1.29, 1.82) is 0 Å². The van der Waals surface area contributed by atoms with Crippen LogP contribution in [0.3, 0.4) is 0 Å². The van der Waals surface area contributed by atoms with Crippen molar-refractivity contribution in [3.8, 4) is 0 Å². The van der Waals surface area contributed by atoms with Gasteiger partial charge in [-0.05, 0) is 24.6 Å². The molecule has 1 fully saturated rings. The second kappa shape index (κ2) is 5.30. The maximum Gasteiger partial charge on any atom is 0.326 e. The third-order valence-corrected chi connectivity index (χ3v) is 4.18. The van der Waals surface area contributed by atoms with E-state index in [2.05, 4.69) is 15.9 Å². The predicted octanol–water partition coefficient (Wildman–Crippen LogP) is 1.42. The molecule has 1 amide bonds. The summed E-state index contributed by atoms with van der Waals surface area (Å²) in [5, 5.41) is 18.7. The fourth-order valence-electron chi connectivity index (χ4n) is 2.27. The van der Waals surface area contributed by atoms with E-state index in [1.54, 1.807) is 19.1 Å². The van der Waals surface area contributed by atoms with Crippen molar-refractivity contribution >= 4 is 27.8 Å². The topological polar surface area (TPSA) is 77.8 Å². The molecule has 0 bridgehead atoms. The lowest BCUT2D eigenvalue weighted by Crippen LogP contribution is -2.40. The average Bonchev–Trinajstić information content (AvgIpc) is 2.74. The lowest BCUT2D eigenvalue weighted by atomic mass is 10.1. The molecule has 1 aliphatic heterocycles. The first kappa shape index (κ1) is 14.0. The van der Waals surface area contributed by atoms with E-state index in [-0.39, 0.29) is 18.9 Å². The van der Waals surface area contributed by atoms with Gasteiger partial charge in [-0.2, -0.15) is 0 Å². The van der Waals surface area contributed by atoms with E-state index in [9.17, 15) is 14.7 Å². The Morgan fingerprint density at radius 1 is 1.42 bits per heavy atom. The van der Waals surface area contributed by atoms with Crippen molar-refractivity contribution in [2.75, 3.05) is 6.54 Å². The molecule has 5 nitrogen and oxygen atoms in total. The number of aliphatic hydroxyl groups is 1. The van der Waals surface area contributed by atoms with E-state index in [0.29, 0.717) is 5.56 Å². The molecule has 6 heteroatoms. The van der Waals surface area contributed by atoms with Crippen molar-refractivity contribution in [3.63, 3.8) is 0 Å². The largest absolute Gasteiger partial charge is 0.480 e. The maximum atomic E-state index is 12.4. The highest BCUT2D eigenvalue weighted by Crippen LogP contribution is 2.25. The van der Waals surface area contributed by atoms with Crippen LogP contribution in [-0.4, -0.2) is 45.7 Å². The number of hydrogen-bond acceptors (Lipinski definition) is 3. The summed E-state index contributed by atoms with van der Waals surface area (Å²) in [7, 11) is 0. The molecule has 1 aliphatic rings. The number of benzene rings is 1. The highest BCUT2D eigenvalue weighted by atomic mass is 79.9. The molecule has 19 heavy (non-hydrogen) atoms. The number of nitrogens with zero attached hydrogens (tertiary/aromatic N) is 1. The zero-order chi connectivity index (χ0) is 14.2. The summed E-state index contributed by atoms with van der Waals surface area (Å²) in [6, 6.07) is 4.25. The highest BCUT2D eigenvalue weighted by Gasteiger charge is 2.39. The Labute approximate surface area is 119 Å². The van der Waals surface area contributed by atoms with Gasteiger partial charge in [0.2, 0.25) is 0 Å². The van der Waals surface area contributed by atoms with Crippen molar-refractivity contribution in [2.45, 2.75) is 25.5 Å². The molecule has 102 valence electrons. The number of carbonyl (C=O) groups is 2. The van der Waals surface area contributed by atoms with Crippen LogP contribution in [0.15, 0.2) is 22.7 Å². The Morgan fingerprint density at radius 2 is 2.11 bits per heavy atom. The minimum absolute atomic E-state index is 0.0573. The van der Waals surface area contributed by atoms with Crippen LogP contribution < -0.4 is 0 Å². The first-order chi connectivity index (χ1) is 8.91. The smallest absolute Gasteiger partial charge is 0.326 e. The molecule has 1 aromatic carbocycles. The second-order valence-corrected chi connectivity index (χ2v) is 5.47. The number of carbonyl (C=O) groups excluding carboxylic acids is 1. The molecule has 0 spiro atoms. The lowest BCUT2D eigenvalue weighted by Gasteiger charge is -2.22. The zero-order valence-electron chi connectivity index (χ0n) is 10.3. The van der Waals surface area contributed by atoms with E-state index in [1.807, 2.05) is 6.07 Å². The molecule has 2 N–H and O–H groups in total. The number of rotatable bonds is 2. The highest BCUT2D eigenvalue weighted by molar-refractivity contribution is 9.10. The molecule has 0 aromatic heterocycles. The summed E-state index contributed by atoms with van der Waals surface area (Å²) in [6.07, 6.45) is -0.703. The average molecular weight is 328 g/mol. The van der Waals surface area contributed by atoms with Crippen LogP contribution in [0.1, 0.15) is 22.3 Å². The van der Waals surface area contributed by atoms with E-state index >= 15 is 0 Å². The van der Waals surface area contributed by atoms with Crippen molar-refractivity contribution < 1.29 is 19.8 Å². The van der Waals surface area contributed by atoms with Gasteiger partial charge in [-0.15, -0.1) is 0 Å². The van der Waals surface area contributed by atoms with Gasteiger partial charge in [-0.3, -0.25) is 4.79 Å². The third-order valence-electron chi connectivity index (χ3n) is 3.32. The predicted molar refractivity (Wildman–Crippen MR) is 72.0 cm³/mol. The Hall–Kier alpha value is -1.40. The van der Waals surface area contributed by atoms with Crippen molar-refractivity contribution in [3.05, 3.63) is 33.8 Å². The van der Waals surface area contributed by atoms with Crippen molar-refractivity contribution in [2.24, 2.45) is 0 Å². The fraction of sp³-hybridized carbons (Fsp3) is 0.385. The number of amides is 1. The number of aliphatic carboxylic acids is 1. The number of carboxylic acids is 1. The van der Waals surface area contributed by atoms with Gasteiger partial charge in [-0.25, -0.2) is 4.79 Å². The summed E-state index contributed by atoms with van der Waals surface area (Å²) in [5.41, 5.74) is 1.22. The Balaban J connectivity index is 2.33. The molecule has 0 aliphatic carbocycles. The minimum Gasteiger partial charge on any atom is -0.480 e. The molecule has 1 aromatic rings. The van der Waals surface area contributed by atoms with Gasteiger partial charge in [0.15, 0.2) is 0 Å². The standard InChI is InChI=1S/C13H14BrNO4/c1-7-9(3-2-4-10(7)14)12(17)15-6-8(16)5-11(15)13(18)19/h2-4,8,11,16H,5-6H2,1H3,(H,18,19)/t8-,11+/m1/s1. The van der Waals surface area contributed by atoms with Gasteiger partial charge < -0.3 is 15.1 Å². The Morgan fingerprint density at radius 3 is 2.74 bits per heavy atom. The molecule has 2 atom stereocenters. The summed E-state index contributed by atoms with van der Waals surface area (Å²) < 4.78 is 0.796. The molecule has 1 heterocycles. The van der Waals surface area contributed by atoms with Gasteiger partial charge >= 0.3 is 5.97 Å². The Kier molecular flexibility index (Phi) is 3.91. The number of β-amino-alcohol motifs (C(OH)–C–C–N with tert-alkyl or cyclic N) is 1.